The van der Waals surface area contributed by atoms with Crippen LogP contribution < -0.4 is 19.6 Å². The third-order valence-electron chi connectivity index (χ3n) is 5.33. The molecule has 3 aromatic rings. The molecule has 8 nitrogen and oxygen atoms in total. The van der Waals surface area contributed by atoms with E-state index < -0.39 is 23.3 Å². The van der Waals surface area contributed by atoms with Crippen LogP contribution in [0.15, 0.2) is 47.6 Å². The van der Waals surface area contributed by atoms with Gasteiger partial charge >= 0.3 is 6.18 Å². The van der Waals surface area contributed by atoms with Crippen LogP contribution in [0.1, 0.15) is 34.7 Å². The summed E-state index contributed by atoms with van der Waals surface area (Å²) in [6.45, 7) is 2.93. The van der Waals surface area contributed by atoms with E-state index in [9.17, 15) is 18.0 Å². The van der Waals surface area contributed by atoms with E-state index in [1.165, 1.54) is 0 Å². The van der Waals surface area contributed by atoms with Crippen molar-refractivity contribution in [3.63, 3.8) is 0 Å². The van der Waals surface area contributed by atoms with Crippen LogP contribution in [0.4, 0.5) is 13.2 Å². The van der Waals surface area contributed by atoms with Crippen LogP contribution in [0.3, 0.4) is 0 Å². The van der Waals surface area contributed by atoms with Crippen LogP contribution in [0, 0.1) is 0 Å². The molecule has 12 heteroatoms. The molecular weight excluding hydrogens is 473 g/mol. The lowest BCUT2D eigenvalue weighted by atomic mass is 9.96. The summed E-state index contributed by atoms with van der Waals surface area (Å²) in [7, 11) is 0. The number of fused-ring (bicyclic) bond motifs is 2. The molecule has 0 aliphatic carbocycles. The number of para-hydroxylation sites is 1. The molecule has 0 saturated carbocycles. The van der Waals surface area contributed by atoms with Gasteiger partial charge in [-0.25, -0.2) is 4.68 Å². The average molecular weight is 492 g/mol. The van der Waals surface area contributed by atoms with Crippen molar-refractivity contribution in [2.75, 3.05) is 25.2 Å². The van der Waals surface area contributed by atoms with Crippen LogP contribution >= 0.6 is 11.8 Å². The molecule has 0 amide bonds. The molecule has 0 saturated heterocycles. The Morgan fingerprint density at radius 2 is 1.94 bits per heavy atom. The fraction of sp³-hybridized carbons (Fsp3) is 0.318. The maximum absolute atomic E-state index is 13.7. The Bertz CT molecular complexity index is 1230. The maximum atomic E-state index is 13.7. The van der Waals surface area contributed by atoms with E-state index in [0.717, 1.165) is 16.4 Å². The van der Waals surface area contributed by atoms with Crippen molar-refractivity contribution in [1.29, 1.82) is 0 Å². The normalized spacial score (nSPS) is 19.2. The van der Waals surface area contributed by atoms with Gasteiger partial charge in [0.15, 0.2) is 17.3 Å². The van der Waals surface area contributed by atoms with Gasteiger partial charge in [-0.15, -0.1) is 10.2 Å². The summed E-state index contributed by atoms with van der Waals surface area (Å²) in [5.74, 6) is -0.0643. The number of alkyl halides is 3. The Balaban J connectivity index is 1.58. The number of hydrogen-bond donors (Lipinski definition) is 1. The molecule has 0 unspecified atom stereocenters. The molecule has 34 heavy (non-hydrogen) atoms. The first kappa shape index (κ1) is 22.4. The van der Waals surface area contributed by atoms with Gasteiger partial charge in [0.2, 0.25) is 5.16 Å². The molecule has 1 N–H and O–H groups in total. The minimum atomic E-state index is -4.73. The topological polar surface area (TPSA) is 87.5 Å². The number of ether oxygens (including phenoxy) is 3. The van der Waals surface area contributed by atoms with Gasteiger partial charge in [-0.05, 0) is 31.2 Å². The molecule has 3 heterocycles. The monoisotopic (exact) mass is 492 g/mol. The van der Waals surface area contributed by atoms with Gasteiger partial charge in [0.1, 0.15) is 24.2 Å². The van der Waals surface area contributed by atoms with E-state index in [2.05, 4.69) is 15.6 Å². The second-order valence-corrected chi connectivity index (χ2v) is 8.59. The molecule has 0 spiro atoms. The molecule has 1 aromatic heterocycles. The Morgan fingerprint density at radius 1 is 1.18 bits per heavy atom. The maximum Gasteiger partial charge on any atom is 0.453 e. The number of benzene rings is 2. The Morgan fingerprint density at radius 3 is 2.71 bits per heavy atom. The minimum Gasteiger partial charge on any atom is -0.494 e. The summed E-state index contributed by atoms with van der Waals surface area (Å²) in [6, 6.07) is 10.9. The number of Topliss-reactive ketones (excluding diaryl/α,β-unsaturated/α-hetero) is 1. The van der Waals surface area contributed by atoms with Crippen molar-refractivity contribution < 1.29 is 32.2 Å². The predicted molar refractivity (Wildman–Crippen MR) is 116 cm³/mol. The zero-order valence-electron chi connectivity index (χ0n) is 17.8. The minimum absolute atomic E-state index is 0.0617. The molecule has 2 aromatic carbocycles. The first-order valence-electron chi connectivity index (χ1n) is 10.5. The molecule has 2 atom stereocenters. The molecule has 0 radical (unpaired) electrons. The molecule has 2 aliphatic heterocycles. The van der Waals surface area contributed by atoms with Crippen molar-refractivity contribution in [3.05, 3.63) is 59.4 Å². The van der Waals surface area contributed by atoms with Crippen LogP contribution in [0.25, 0.3) is 0 Å². The Labute approximate surface area is 196 Å². The first-order chi connectivity index (χ1) is 16.4. The fourth-order valence-electron chi connectivity index (χ4n) is 3.86. The molecule has 0 fully saturated rings. The zero-order valence-corrected chi connectivity index (χ0v) is 18.7. The largest absolute Gasteiger partial charge is 0.494 e. The molecule has 0 bridgehead atoms. The highest BCUT2D eigenvalue weighted by atomic mass is 32.2. The van der Waals surface area contributed by atoms with E-state index in [4.69, 9.17) is 14.2 Å². The summed E-state index contributed by atoms with van der Waals surface area (Å²) in [4.78, 5) is 13.7. The van der Waals surface area contributed by atoms with Crippen molar-refractivity contribution in [3.8, 4) is 17.2 Å². The Kier molecular flexibility index (Phi) is 5.76. The highest BCUT2D eigenvalue weighted by Crippen LogP contribution is 2.43. The summed E-state index contributed by atoms with van der Waals surface area (Å²) in [5, 5.41) is 6.06. The summed E-state index contributed by atoms with van der Waals surface area (Å²) in [5.41, 5.74) is 3.71. The van der Waals surface area contributed by atoms with E-state index in [-0.39, 0.29) is 10.9 Å². The molecule has 2 aliphatic rings. The summed E-state index contributed by atoms with van der Waals surface area (Å²) >= 11 is 0.914. The second-order valence-electron chi connectivity index (χ2n) is 7.48. The number of carbonyl (C=O) groups is 1. The number of carbonyl (C=O) groups excluding carboxylic acids is 1. The first-order valence-corrected chi connectivity index (χ1v) is 11.4. The lowest BCUT2D eigenvalue weighted by Gasteiger charge is -2.34. The van der Waals surface area contributed by atoms with E-state index in [1.54, 1.807) is 49.4 Å². The number of nitrogens with one attached hydrogen (secondary N) is 1. The molecular formula is C22H19F3N4O4S. The SMILES string of the molecule is CCOc1ccccc1[C@@H]1Nn2c(nnc2C(F)(F)F)S[C@@H]1C(=O)c1ccc2c(c1)OCCO2. The van der Waals surface area contributed by atoms with Gasteiger partial charge in [-0.2, -0.15) is 13.2 Å². The second kappa shape index (κ2) is 8.75. The number of ketones is 1. The smallest absolute Gasteiger partial charge is 0.453 e. The van der Waals surface area contributed by atoms with Crippen LogP contribution in [0.5, 0.6) is 17.2 Å². The van der Waals surface area contributed by atoms with Gasteiger partial charge in [0.05, 0.1) is 12.6 Å². The van der Waals surface area contributed by atoms with Gasteiger partial charge in [-0.1, -0.05) is 30.0 Å². The molecule has 5 rings (SSSR count). The van der Waals surface area contributed by atoms with Gasteiger partial charge in [0, 0.05) is 11.1 Å². The van der Waals surface area contributed by atoms with Crippen LogP contribution in [0.2, 0.25) is 0 Å². The number of thioether (sulfide) groups is 1. The lowest BCUT2D eigenvalue weighted by molar-refractivity contribution is -0.147. The average Bonchev–Trinajstić information content (AvgIpc) is 3.27. The van der Waals surface area contributed by atoms with E-state index >= 15 is 0 Å². The predicted octanol–water partition coefficient (Wildman–Crippen LogP) is 4.11. The number of rotatable bonds is 5. The quantitative estimate of drug-likeness (QED) is 0.533. The third kappa shape index (κ3) is 4.02. The number of nitrogens with zero attached hydrogens (tertiary/aromatic N) is 3. The van der Waals surface area contributed by atoms with E-state index in [1.807, 2.05) is 0 Å². The number of halogens is 3. The van der Waals surface area contributed by atoms with Crippen LogP contribution in [-0.2, 0) is 6.18 Å². The number of aromatic nitrogens is 3. The number of hydrogen-bond acceptors (Lipinski definition) is 8. The third-order valence-corrected chi connectivity index (χ3v) is 6.54. The highest BCUT2D eigenvalue weighted by molar-refractivity contribution is 8.00. The lowest BCUT2D eigenvalue weighted by Crippen LogP contribution is -2.40. The van der Waals surface area contributed by atoms with Crippen molar-refractivity contribution in [1.82, 2.24) is 14.9 Å². The van der Waals surface area contributed by atoms with Crippen molar-refractivity contribution in [2.24, 2.45) is 0 Å². The van der Waals surface area contributed by atoms with E-state index in [0.29, 0.717) is 48.2 Å². The van der Waals surface area contributed by atoms with Crippen LogP contribution in [-0.4, -0.2) is 45.7 Å². The molecule has 178 valence electrons. The highest BCUT2D eigenvalue weighted by Gasteiger charge is 2.45. The summed E-state index contributed by atoms with van der Waals surface area (Å²) < 4.78 is 58.2. The zero-order chi connectivity index (χ0) is 23.9. The van der Waals surface area contributed by atoms with Gasteiger partial charge < -0.3 is 19.6 Å². The fourth-order valence-corrected chi connectivity index (χ4v) is 5.00. The van der Waals surface area contributed by atoms with Crippen molar-refractivity contribution >= 4 is 17.5 Å². The van der Waals surface area contributed by atoms with Gasteiger partial charge in [0.25, 0.3) is 5.82 Å². The van der Waals surface area contributed by atoms with Gasteiger partial charge in [-0.3, -0.25) is 4.79 Å². The summed E-state index contributed by atoms with van der Waals surface area (Å²) in [6.07, 6.45) is -4.73. The van der Waals surface area contributed by atoms with Crippen molar-refractivity contribution in [2.45, 2.75) is 29.5 Å². The standard InChI is InChI=1S/C22H19F3N4O4S/c1-2-31-14-6-4-3-5-13(14)17-19(34-21-27-26-20(22(23,24)25)29(21)28-17)18(30)12-7-8-15-16(11-12)33-10-9-32-15/h3-8,11,17,19,28H,2,9-10H2,1H3/t17-,19-/m0/s1. The Hall–Kier alpha value is -3.41.